The molecule has 3 unspecified atom stereocenters. The molecule has 0 heterocycles. The molecule has 2 bridgehead atoms. The van der Waals surface area contributed by atoms with Gasteiger partial charge in [0.15, 0.2) is 0 Å². The lowest BCUT2D eigenvalue weighted by molar-refractivity contribution is 0.337. The van der Waals surface area contributed by atoms with Crippen molar-refractivity contribution in [2.75, 3.05) is 25.0 Å². The zero-order chi connectivity index (χ0) is 14.1. The molecule has 1 aromatic carbocycles. The molecule has 3 heteroatoms. The van der Waals surface area contributed by atoms with Gasteiger partial charge in [-0.05, 0) is 67.7 Å². The largest absolute Gasteiger partial charge is 0.374 e. The molecule has 0 aromatic heterocycles. The number of halogens is 1. The molecule has 0 saturated heterocycles. The van der Waals surface area contributed by atoms with Gasteiger partial charge in [0.2, 0.25) is 0 Å². The van der Waals surface area contributed by atoms with E-state index in [2.05, 4.69) is 30.1 Å². The van der Waals surface area contributed by atoms with E-state index < -0.39 is 0 Å². The molecule has 0 radical (unpaired) electrons. The topological polar surface area (TPSA) is 29.3 Å². The van der Waals surface area contributed by atoms with Crippen LogP contribution in [0.2, 0.25) is 5.02 Å². The van der Waals surface area contributed by atoms with E-state index >= 15 is 0 Å². The third-order valence-corrected chi connectivity index (χ3v) is 5.64. The molecule has 20 heavy (non-hydrogen) atoms. The van der Waals surface area contributed by atoms with Gasteiger partial charge in [0, 0.05) is 24.3 Å². The SMILES string of the molecule is CN(CC1CC2CCC1C2)c1ccc(CCN)c(Cl)c1. The van der Waals surface area contributed by atoms with E-state index in [0.717, 1.165) is 34.8 Å². The maximum absolute atomic E-state index is 6.35. The van der Waals surface area contributed by atoms with Crippen molar-refractivity contribution in [3.05, 3.63) is 28.8 Å². The van der Waals surface area contributed by atoms with Crippen LogP contribution in [0, 0.1) is 17.8 Å². The molecule has 0 spiro atoms. The van der Waals surface area contributed by atoms with Gasteiger partial charge in [-0.2, -0.15) is 0 Å². The van der Waals surface area contributed by atoms with Crippen LogP contribution in [-0.2, 0) is 6.42 Å². The van der Waals surface area contributed by atoms with Crippen molar-refractivity contribution in [3.63, 3.8) is 0 Å². The average Bonchev–Trinajstić information content (AvgIpc) is 3.03. The Balaban J connectivity index is 1.65. The van der Waals surface area contributed by atoms with E-state index in [-0.39, 0.29) is 0 Å². The summed E-state index contributed by atoms with van der Waals surface area (Å²) in [7, 11) is 2.19. The van der Waals surface area contributed by atoms with E-state index in [9.17, 15) is 0 Å². The van der Waals surface area contributed by atoms with Crippen LogP contribution < -0.4 is 10.6 Å². The Morgan fingerprint density at radius 3 is 2.75 bits per heavy atom. The highest BCUT2D eigenvalue weighted by atomic mass is 35.5. The summed E-state index contributed by atoms with van der Waals surface area (Å²) < 4.78 is 0. The van der Waals surface area contributed by atoms with Gasteiger partial charge >= 0.3 is 0 Å². The van der Waals surface area contributed by atoms with Crippen LogP contribution in [0.3, 0.4) is 0 Å². The monoisotopic (exact) mass is 292 g/mol. The third-order valence-electron chi connectivity index (χ3n) is 5.28. The van der Waals surface area contributed by atoms with E-state index in [1.807, 2.05) is 0 Å². The van der Waals surface area contributed by atoms with Crippen LogP contribution >= 0.6 is 11.6 Å². The lowest BCUT2D eigenvalue weighted by atomic mass is 9.88. The second kappa shape index (κ2) is 5.95. The molecule has 2 aliphatic carbocycles. The summed E-state index contributed by atoms with van der Waals surface area (Å²) in [6.45, 7) is 1.83. The van der Waals surface area contributed by atoms with Crippen LogP contribution in [0.1, 0.15) is 31.2 Å². The number of anilines is 1. The summed E-state index contributed by atoms with van der Waals surface area (Å²) >= 11 is 6.35. The Morgan fingerprint density at radius 2 is 2.15 bits per heavy atom. The molecule has 1 aromatic rings. The van der Waals surface area contributed by atoms with Gasteiger partial charge < -0.3 is 10.6 Å². The van der Waals surface area contributed by atoms with E-state index in [1.165, 1.54) is 37.9 Å². The zero-order valence-electron chi connectivity index (χ0n) is 12.3. The minimum Gasteiger partial charge on any atom is -0.374 e. The lowest BCUT2D eigenvalue weighted by Gasteiger charge is -2.29. The van der Waals surface area contributed by atoms with Gasteiger partial charge in [-0.15, -0.1) is 0 Å². The number of hydrogen-bond acceptors (Lipinski definition) is 2. The summed E-state index contributed by atoms with van der Waals surface area (Å²) in [6.07, 6.45) is 6.71. The molecule has 110 valence electrons. The molecular formula is C17H25ClN2. The summed E-state index contributed by atoms with van der Waals surface area (Å²) in [6, 6.07) is 6.41. The molecule has 0 aliphatic heterocycles. The lowest BCUT2D eigenvalue weighted by Crippen LogP contribution is -2.28. The smallest absolute Gasteiger partial charge is 0.0459 e. The molecule has 0 amide bonds. The highest BCUT2D eigenvalue weighted by Gasteiger charge is 2.39. The van der Waals surface area contributed by atoms with Crippen LogP contribution in [0.5, 0.6) is 0 Å². The number of nitrogens with zero attached hydrogens (tertiary/aromatic N) is 1. The Morgan fingerprint density at radius 1 is 1.30 bits per heavy atom. The number of rotatable bonds is 5. The second-order valence-electron chi connectivity index (χ2n) is 6.63. The summed E-state index contributed by atoms with van der Waals surface area (Å²) in [4.78, 5) is 2.38. The predicted molar refractivity (Wildman–Crippen MR) is 86.4 cm³/mol. The van der Waals surface area contributed by atoms with Crippen molar-refractivity contribution in [1.82, 2.24) is 0 Å². The first-order valence-corrected chi connectivity index (χ1v) is 8.24. The molecule has 2 N–H and O–H groups in total. The highest BCUT2D eigenvalue weighted by Crippen LogP contribution is 2.48. The molecule has 2 fully saturated rings. The first-order valence-electron chi connectivity index (χ1n) is 7.87. The Labute approximate surface area is 127 Å². The van der Waals surface area contributed by atoms with Crippen LogP contribution in [-0.4, -0.2) is 20.1 Å². The maximum atomic E-state index is 6.35. The van der Waals surface area contributed by atoms with Gasteiger partial charge in [0.1, 0.15) is 0 Å². The Kier molecular flexibility index (Phi) is 4.23. The van der Waals surface area contributed by atoms with E-state index in [1.54, 1.807) is 0 Å². The standard InChI is InChI=1S/C17H25ClN2/c1-20(11-15-9-12-2-3-14(15)8-12)16-5-4-13(6-7-19)17(18)10-16/h4-5,10,12,14-15H,2-3,6-9,11,19H2,1H3. The van der Waals surface area contributed by atoms with E-state index in [4.69, 9.17) is 17.3 Å². The second-order valence-corrected chi connectivity index (χ2v) is 7.04. The van der Waals surface area contributed by atoms with Crippen LogP contribution in [0.4, 0.5) is 5.69 Å². The van der Waals surface area contributed by atoms with Crippen molar-refractivity contribution < 1.29 is 0 Å². The highest BCUT2D eigenvalue weighted by molar-refractivity contribution is 6.31. The average molecular weight is 293 g/mol. The fraction of sp³-hybridized carbons (Fsp3) is 0.647. The summed E-state index contributed by atoms with van der Waals surface area (Å²) in [5.41, 5.74) is 8.00. The Bertz CT molecular complexity index is 474. The van der Waals surface area contributed by atoms with Gasteiger partial charge in [0.25, 0.3) is 0 Å². The maximum Gasteiger partial charge on any atom is 0.0459 e. The minimum atomic E-state index is 0.653. The van der Waals surface area contributed by atoms with Crippen molar-refractivity contribution in [3.8, 4) is 0 Å². The van der Waals surface area contributed by atoms with Crippen LogP contribution in [0.25, 0.3) is 0 Å². The molecular weight excluding hydrogens is 268 g/mol. The number of hydrogen-bond donors (Lipinski definition) is 1. The molecule has 2 nitrogen and oxygen atoms in total. The molecule has 2 saturated carbocycles. The zero-order valence-corrected chi connectivity index (χ0v) is 13.1. The van der Waals surface area contributed by atoms with Crippen LogP contribution in [0.15, 0.2) is 18.2 Å². The quantitative estimate of drug-likeness (QED) is 0.896. The summed E-state index contributed by atoms with van der Waals surface area (Å²) in [5.74, 6) is 2.89. The molecule has 3 rings (SSSR count). The summed E-state index contributed by atoms with van der Waals surface area (Å²) in [5, 5.41) is 0.854. The first kappa shape index (κ1) is 14.2. The fourth-order valence-electron chi connectivity index (χ4n) is 4.19. The predicted octanol–water partition coefficient (Wildman–Crippen LogP) is 3.71. The van der Waals surface area contributed by atoms with Crippen molar-refractivity contribution in [1.29, 1.82) is 0 Å². The van der Waals surface area contributed by atoms with Crippen molar-refractivity contribution in [2.45, 2.75) is 32.1 Å². The van der Waals surface area contributed by atoms with E-state index in [0.29, 0.717) is 6.54 Å². The van der Waals surface area contributed by atoms with Gasteiger partial charge in [-0.1, -0.05) is 24.1 Å². The third kappa shape index (κ3) is 2.82. The van der Waals surface area contributed by atoms with Gasteiger partial charge in [-0.3, -0.25) is 0 Å². The molecule has 2 aliphatic rings. The van der Waals surface area contributed by atoms with Gasteiger partial charge in [0.05, 0.1) is 0 Å². The van der Waals surface area contributed by atoms with Crippen molar-refractivity contribution in [2.24, 2.45) is 23.5 Å². The number of fused-ring (bicyclic) bond motifs is 2. The normalized spacial score (nSPS) is 28.1. The minimum absolute atomic E-state index is 0.653. The number of nitrogens with two attached hydrogens (primary N) is 1. The van der Waals surface area contributed by atoms with Gasteiger partial charge in [-0.25, -0.2) is 0 Å². The number of benzene rings is 1. The molecule has 3 atom stereocenters. The fourth-order valence-corrected chi connectivity index (χ4v) is 4.46. The Hall–Kier alpha value is -0.730. The first-order chi connectivity index (χ1) is 9.67. The van der Waals surface area contributed by atoms with Crippen molar-refractivity contribution >= 4 is 17.3 Å².